The van der Waals surface area contributed by atoms with Crippen molar-refractivity contribution in [1.29, 1.82) is 0 Å². The highest BCUT2D eigenvalue weighted by Gasteiger charge is 2.36. The van der Waals surface area contributed by atoms with Crippen molar-refractivity contribution in [2.45, 2.75) is 58.0 Å². The Hall–Kier alpha value is -3.13. The van der Waals surface area contributed by atoms with Crippen LogP contribution in [0.15, 0.2) is 48.1 Å². The number of aromatic nitrogens is 3. The summed E-state index contributed by atoms with van der Waals surface area (Å²) in [6, 6.07) is 8.70. The van der Waals surface area contributed by atoms with Crippen LogP contribution in [0.3, 0.4) is 0 Å². The molecule has 0 bridgehead atoms. The second-order valence-corrected chi connectivity index (χ2v) is 8.90. The van der Waals surface area contributed by atoms with Crippen molar-refractivity contribution in [2.24, 2.45) is 0 Å². The van der Waals surface area contributed by atoms with E-state index in [4.69, 9.17) is 0 Å². The van der Waals surface area contributed by atoms with Crippen LogP contribution in [-0.4, -0.2) is 32.4 Å². The molecular weight excluding hydrogens is 422 g/mol. The first-order chi connectivity index (χ1) is 15.5. The molecule has 4 rings (SSSR count). The lowest BCUT2D eigenvalue weighted by molar-refractivity contribution is -0.123. The van der Waals surface area contributed by atoms with Crippen LogP contribution in [0, 0.1) is 13.8 Å². The molecule has 1 aliphatic rings. The molecule has 1 aromatic carbocycles. The molecule has 1 aliphatic carbocycles. The lowest BCUT2D eigenvalue weighted by Crippen LogP contribution is -2.47. The van der Waals surface area contributed by atoms with Crippen LogP contribution in [0.2, 0.25) is 0 Å². The third kappa shape index (κ3) is 4.85. The predicted molar refractivity (Wildman–Crippen MR) is 125 cm³/mol. The van der Waals surface area contributed by atoms with E-state index in [9.17, 15) is 9.59 Å². The van der Waals surface area contributed by atoms with Crippen LogP contribution in [0.25, 0.3) is 0 Å². The molecule has 2 amide bonds. The third-order valence-corrected chi connectivity index (χ3v) is 6.37. The zero-order valence-electron chi connectivity index (χ0n) is 18.3. The lowest BCUT2D eigenvalue weighted by atomic mass is 9.94. The zero-order valence-corrected chi connectivity index (χ0v) is 19.1. The summed E-state index contributed by atoms with van der Waals surface area (Å²) in [7, 11) is 0. The van der Waals surface area contributed by atoms with Gasteiger partial charge in [-0.1, -0.05) is 47.5 Å². The first-order valence-electron chi connectivity index (χ1n) is 10.9. The number of nitrogens with zero attached hydrogens (tertiary/aromatic N) is 4. The van der Waals surface area contributed by atoms with Gasteiger partial charge in [-0.25, -0.2) is 0 Å². The minimum absolute atomic E-state index is 0.118. The topological polar surface area (TPSA) is 88.1 Å². The molecule has 1 atom stereocenters. The number of aryl methyl sites for hydroxylation is 2. The van der Waals surface area contributed by atoms with Crippen LogP contribution >= 0.6 is 11.5 Å². The van der Waals surface area contributed by atoms with Gasteiger partial charge in [-0.05, 0) is 55.9 Å². The maximum absolute atomic E-state index is 13.7. The molecule has 2 heterocycles. The minimum Gasteiger partial charge on any atom is -0.351 e. The molecule has 7 nitrogen and oxygen atoms in total. The number of rotatable bonds is 6. The molecule has 0 unspecified atom stereocenters. The van der Waals surface area contributed by atoms with Gasteiger partial charge in [-0.3, -0.25) is 19.5 Å². The highest BCUT2D eigenvalue weighted by atomic mass is 32.1. The van der Waals surface area contributed by atoms with Crippen molar-refractivity contribution >= 4 is 29.0 Å². The van der Waals surface area contributed by atoms with E-state index < -0.39 is 6.04 Å². The van der Waals surface area contributed by atoms with Crippen molar-refractivity contribution in [3.63, 3.8) is 0 Å². The van der Waals surface area contributed by atoms with Crippen molar-refractivity contribution < 1.29 is 9.59 Å². The largest absolute Gasteiger partial charge is 0.351 e. The van der Waals surface area contributed by atoms with Crippen LogP contribution in [0.5, 0.6) is 0 Å². The molecule has 8 heteroatoms. The van der Waals surface area contributed by atoms with E-state index in [1.165, 1.54) is 6.42 Å². The molecule has 32 heavy (non-hydrogen) atoms. The summed E-state index contributed by atoms with van der Waals surface area (Å²) >= 11 is 1.11. The van der Waals surface area contributed by atoms with E-state index in [1.807, 2.05) is 38.1 Å². The molecular formula is C24H27N5O2S. The molecule has 0 radical (unpaired) electrons. The fourth-order valence-corrected chi connectivity index (χ4v) is 4.74. The normalized spacial score (nSPS) is 15.2. The molecule has 1 saturated carbocycles. The second kappa shape index (κ2) is 9.99. The monoisotopic (exact) mass is 449 g/mol. The molecule has 1 fully saturated rings. The number of amides is 2. The molecule has 1 N–H and O–H groups in total. The summed E-state index contributed by atoms with van der Waals surface area (Å²) in [5, 5.41) is 8.80. The average molecular weight is 450 g/mol. The Labute approximate surface area is 192 Å². The Balaban J connectivity index is 1.80. The number of hydrogen-bond acceptors (Lipinski definition) is 6. The molecule has 2 aromatic heterocycles. The lowest BCUT2D eigenvalue weighted by Gasteiger charge is -2.33. The first-order valence-corrected chi connectivity index (χ1v) is 11.8. The molecule has 0 spiro atoms. The van der Waals surface area contributed by atoms with Crippen molar-refractivity contribution in [1.82, 2.24) is 19.9 Å². The summed E-state index contributed by atoms with van der Waals surface area (Å²) in [6.45, 7) is 3.95. The number of hydrogen-bond donors (Lipinski definition) is 1. The standard InChI is InChI=1S/C24H27N5O2S/c1-16-10-11-21(17(2)13-16)29(24(31)20-15-32-28-27-20)22(18-7-6-12-25-14-18)23(30)26-19-8-4-3-5-9-19/h6-7,10-15,19,22H,3-5,8-9H2,1-2H3,(H,26,30)/t22-/m0/s1. The molecule has 0 saturated heterocycles. The summed E-state index contributed by atoms with van der Waals surface area (Å²) in [6.07, 6.45) is 8.63. The van der Waals surface area contributed by atoms with Gasteiger partial charge < -0.3 is 5.32 Å². The summed E-state index contributed by atoms with van der Waals surface area (Å²) in [5.41, 5.74) is 3.52. The van der Waals surface area contributed by atoms with E-state index in [1.54, 1.807) is 28.7 Å². The molecule has 3 aromatic rings. The number of benzene rings is 1. The highest BCUT2D eigenvalue weighted by molar-refractivity contribution is 7.03. The van der Waals surface area contributed by atoms with Crippen LogP contribution < -0.4 is 10.2 Å². The van der Waals surface area contributed by atoms with Crippen molar-refractivity contribution in [2.75, 3.05) is 4.90 Å². The van der Waals surface area contributed by atoms with E-state index in [0.717, 1.165) is 48.3 Å². The number of anilines is 1. The van der Waals surface area contributed by atoms with Gasteiger partial charge >= 0.3 is 0 Å². The van der Waals surface area contributed by atoms with Gasteiger partial charge in [0, 0.05) is 35.1 Å². The van der Waals surface area contributed by atoms with Crippen molar-refractivity contribution in [3.8, 4) is 0 Å². The highest BCUT2D eigenvalue weighted by Crippen LogP contribution is 2.32. The van der Waals surface area contributed by atoms with Gasteiger partial charge in [0.25, 0.3) is 5.91 Å². The Bertz CT molecular complexity index is 1070. The van der Waals surface area contributed by atoms with Crippen LogP contribution in [0.1, 0.15) is 65.3 Å². The Morgan fingerprint density at radius 1 is 1.16 bits per heavy atom. The Morgan fingerprint density at radius 3 is 2.62 bits per heavy atom. The number of carbonyl (C=O) groups is 2. The van der Waals surface area contributed by atoms with Gasteiger partial charge in [-0.15, -0.1) is 5.10 Å². The predicted octanol–water partition coefficient (Wildman–Crippen LogP) is 4.39. The van der Waals surface area contributed by atoms with Crippen molar-refractivity contribution in [3.05, 3.63) is 70.5 Å². The van der Waals surface area contributed by atoms with E-state index in [2.05, 4.69) is 19.9 Å². The van der Waals surface area contributed by atoms with Gasteiger partial charge in [0.15, 0.2) is 5.69 Å². The zero-order chi connectivity index (χ0) is 22.5. The number of pyridine rings is 1. The maximum Gasteiger partial charge on any atom is 0.280 e. The second-order valence-electron chi connectivity index (χ2n) is 8.29. The maximum atomic E-state index is 13.7. The van der Waals surface area contributed by atoms with Crippen LogP contribution in [0.4, 0.5) is 5.69 Å². The fraction of sp³-hybridized carbons (Fsp3) is 0.375. The molecule has 166 valence electrons. The van der Waals surface area contributed by atoms with E-state index in [-0.39, 0.29) is 23.6 Å². The summed E-state index contributed by atoms with van der Waals surface area (Å²) < 4.78 is 3.86. The van der Waals surface area contributed by atoms with E-state index >= 15 is 0 Å². The van der Waals surface area contributed by atoms with Crippen LogP contribution in [-0.2, 0) is 4.79 Å². The SMILES string of the molecule is Cc1ccc(N(C(=O)c2csnn2)[C@H](C(=O)NC2CCCCC2)c2cccnc2)c(C)c1. The van der Waals surface area contributed by atoms with Gasteiger partial charge in [0.05, 0.1) is 0 Å². The summed E-state index contributed by atoms with van der Waals surface area (Å²) in [4.78, 5) is 33.2. The van der Waals surface area contributed by atoms with Gasteiger partial charge in [0.2, 0.25) is 5.91 Å². The Morgan fingerprint density at radius 2 is 1.97 bits per heavy atom. The average Bonchev–Trinajstić information content (AvgIpc) is 3.34. The van der Waals surface area contributed by atoms with E-state index in [0.29, 0.717) is 11.3 Å². The number of carbonyl (C=O) groups excluding carboxylic acids is 2. The number of nitrogens with one attached hydrogen (secondary N) is 1. The first kappa shape index (κ1) is 22.1. The van der Waals surface area contributed by atoms with Gasteiger partial charge in [-0.2, -0.15) is 0 Å². The Kier molecular flexibility index (Phi) is 6.90. The minimum atomic E-state index is -0.874. The summed E-state index contributed by atoms with van der Waals surface area (Å²) in [5.74, 6) is -0.570. The smallest absolute Gasteiger partial charge is 0.280 e. The van der Waals surface area contributed by atoms with Gasteiger partial charge in [0.1, 0.15) is 6.04 Å². The fourth-order valence-electron chi connectivity index (χ4n) is 4.31. The third-order valence-electron chi connectivity index (χ3n) is 5.87. The quantitative estimate of drug-likeness (QED) is 0.603. The molecule has 0 aliphatic heterocycles.